The molecule has 0 aliphatic carbocycles. The minimum atomic E-state index is 0. The predicted octanol–water partition coefficient (Wildman–Crippen LogP) is -2.78. The van der Waals surface area contributed by atoms with Crippen LogP contribution in [-0.2, 0) is 4.74 Å². The average molecular weight is 175 g/mol. The van der Waals surface area contributed by atoms with Crippen LogP contribution in [0, 0.1) is 11.5 Å². The van der Waals surface area contributed by atoms with Crippen molar-refractivity contribution in [1.82, 2.24) is 0 Å². The Hall–Kier alpha value is 0.500. The number of nitrogens with two attached hydrogens (primary N) is 1. The Kier molecular flexibility index (Phi) is 16.0. The van der Waals surface area contributed by atoms with E-state index in [-0.39, 0.29) is 40.6 Å². The molecular weight excluding hydrogens is 166 g/mol. The molecule has 2 unspecified atom stereocenters. The summed E-state index contributed by atoms with van der Waals surface area (Å²) < 4.78 is 4.68. The largest absolute Gasteiger partial charge is 1.00 e. The normalized spacial score (nSPS) is 25.3. The molecule has 1 fully saturated rings. The van der Waals surface area contributed by atoms with Crippen LogP contribution in [-0.4, -0.2) is 17.1 Å². The molecule has 1 aliphatic rings. The maximum atomic E-state index is 7.10. The van der Waals surface area contributed by atoms with Crippen molar-refractivity contribution in [3.63, 3.8) is 0 Å². The standard InChI is InChI=1S/C3H5ClO.CH2N2.Na.H2O/c1-2-3(4)5-2;2-1-3;;/h2-3H,1H3;2H2;;1H2/q;;+1;/p-1. The van der Waals surface area contributed by atoms with Crippen molar-refractivity contribution < 1.29 is 39.8 Å². The molecule has 1 rings (SSSR count). The summed E-state index contributed by atoms with van der Waals surface area (Å²) in [6.45, 7) is 1.94. The van der Waals surface area contributed by atoms with Crippen molar-refractivity contribution in [3.8, 4) is 6.19 Å². The van der Waals surface area contributed by atoms with Gasteiger partial charge in [-0.2, -0.15) is 5.26 Å². The minimum absolute atomic E-state index is 0. The summed E-state index contributed by atoms with van der Waals surface area (Å²) in [6, 6.07) is 0. The molecule has 0 saturated carbocycles. The molecule has 0 spiro atoms. The number of hydrogen-bond acceptors (Lipinski definition) is 4. The summed E-state index contributed by atoms with van der Waals surface area (Å²) in [6.07, 6.45) is 1.57. The molecule has 10 heavy (non-hydrogen) atoms. The Morgan fingerprint density at radius 3 is 1.80 bits per heavy atom. The molecule has 54 valence electrons. The van der Waals surface area contributed by atoms with Crippen LogP contribution in [0.1, 0.15) is 6.92 Å². The number of epoxide rings is 1. The predicted molar refractivity (Wildman–Crippen MR) is 31.9 cm³/mol. The SMILES string of the molecule is CC1OC1Cl.N#CN.[Na+].[OH-]. The van der Waals surface area contributed by atoms with Crippen LogP contribution < -0.4 is 35.3 Å². The zero-order chi connectivity index (χ0) is 6.57. The van der Waals surface area contributed by atoms with Gasteiger partial charge < -0.3 is 15.9 Å². The van der Waals surface area contributed by atoms with Crippen molar-refractivity contribution in [2.24, 2.45) is 5.73 Å². The zero-order valence-electron chi connectivity index (χ0n) is 5.91. The summed E-state index contributed by atoms with van der Waals surface area (Å²) in [5.74, 6) is 0. The van der Waals surface area contributed by atoms with Gasteiger partial charge in [0.1, 0.15) is 0 Å². The molecule has 6 heteroatoms. The summed E-state index contributed by atoms with van der Waals surface area (Å²) in [5, 5.41) is 7.10. The summed E-state index contributed by atoms with van der Waals surface area (Å²) in [4.78, 5) is 0. The molecular formula is C4H8ClN2NaO2. The summed E-state index contributed by atoms with van der Waals surface area (Å²) >= 11 is 5.31. The van der Waals surface area contributed by atoms with Gasteiger partial charge in [-0.1, -0.05) is 11.6 Å². The van der Waals surface area contributed by atoms with Gasteiger partial charge in [0.15, 0.2) is 11.8 Å². The Labute approximate surface area is 86.9 Å². The first-order valence-electron chi connectivity index (χ1n) is 2.11. The van der Waals surface area contributed by atoms with Gasteiger partial charge in [-0.3, -0.25) is 0 Å². The van der Waals surface area contributed by atoms with Crippen LogP contribution in [0.3, 0.4) is 0 Å². The Morgan fingerprint density at radius 2 is 1.80 bits per heavy atom. The summed E-state index contributed by atoms with van der Waals surface area (Å²) in [7, 11) is 0. The quantitative estimate of drug-likeness (QED) is 0.141. The molecule has 3 N–H and O–H groups in total. The van der Waals surface area contributed by atoms with Gasteiger partial charge in [0, 0.05) is 0 Å². The minimum Gasteiger partial charge on any atom is -0.870 e. The fourth-order valence-electron chi connectivity index (χ4n) is 0.160. The van der Waals surface area contributed by atoms with Gasteiger partial charge in [-0.15, -0.1) is 0 Å². The molecule has 0 aromatic rings. The second kappa shape index (κ2) is 9.50. The molecule has 0 bridgehead atoms. The maximum Gasteiger partial charge on any atom is 1.00 e. The third kappa shape index (κ3) is 11.3. The van der Waals surface area contributed by atoms with Crippen molar-refractivity contribution in [2.75, 3.05) is 0 Å². The Balaban J connectivity index is -0.0000000900. The van der Waals surface area contributed by atoms with E-state index < -0.39 is 0 Å². The van der Waals surface area contributed by atoms with Crippen molar-refractivity contribution >= 4 is 11.6 Å². The first-order valence-corrected chi connectivity index (χ1v) is 2.55. The number of nitrogens with zero attached hydrogens (tertiary/aromatic N) is 1. The molecule has 1 heterocycles. The van der Waals surface area contributed by atoms with Crippen molar-refractivity contribution in [1.29, 1.82) is 5.26 Å². The van der Waals surface area contributed by atoms with Crippen LogP contribution in [0.2, 0.25) is 0 Å². The number of halogens is 1. The van der Waals surface area contributed by atoms with E-state index in [1.807, 2.05) is 6.92 Å². The first kappa shape index (κ1) is 16.8. The number of ether oxygens (including phenoxy) is 1. The van der Waals surface area contributed by atoms with Crippen molar-refractivity contribution in [3.05, 3.63) is 0 Å². The Bertz CT molecular complexity index is 102. The summed E-state index contributed by atoms with van der Waals surface area (Å²) in [5.41, 5.74) is 4.18. The van der Waals surface area contributed by atoms with E-state index in [2.05, 4.69) is 10.5 Å². The van der Waals surface area contributed by atoms with E-state index in [0.717, 1.165) is 0 Å². The van der Waals surface area contributed by atoms with Gasteiger partial charge in [-0.05, 0) is 6.92 Å². The zero-order valence-corrected chi connectivity index (χ0v) is 8.67. The van der Waals surface area contributed by atoms with Crippen LogP contribution in [0.15, 0.2) is 0 Å². The number of nitriles is 1. The van der Waals surface area contributed by atoms with E-state index in [1.54, 1.807) is 0 Å². The van der Waals surface area contributed by atoms with Crippen LogP contribution in [0.25, 0.3) is 0 Å². The third-order valence-electron chi connectivity index (χ3n) is 0.637. The van der Waals surface area contributed by atoms with Crippen molar-refractivity contribution in [2.45, 2.75) is 18.6 Å². The third-order valence-corrected chi connectivity index (χ3v) is 1.09. The number of rotatable bonds is 0. The maximum absolute atomic E-state index is 7.10. The van der Waals surface area contributed by atoms with Crippen LogP contribution in [0.5, 0.6) is 0 Å². The van der Waals surface area contributed by atoms with Gasteiger partial charge in [0.2, 0.25) is 0 Å². The molecule has 0 aromatic heterocycles. The second-order valence-electron chi connectivity index (χ2n) is 1.32. The first-order chi connectivity index (χ1) is 3.72. The molecule has 0 radical (unpaired) electrons. The van der Waals surface area contributed by atoms with Gasteiger partial charge >= 0.3 is 29.6 Å². The van der Waals surface area contributed by atoms with E-state index in [0.29, 0.717) is 6.10 Å². The van der Waals surface area contributed by atoms with E-state index in [1.165, 1.54) is 6.19 Å². The van der Waals surface area contributed by atoms with Crippen LogP contribution >= 0.6 is 11.6 Å². The second-order valence-corrected chi connectivity index (χ2v) is 1.75. The molecule has 4 nitrogen and oxygen atoms in total. The number of alkyl halides is 1. The van der Waals surface area contributed by atoms with Gasteiger partial charge in [-0.25, -0.2) is 0 Å². The topological polar surface area (TPSA) is 92.3 Å². The molecule has 1 saturated heterocycles. The number of hydrogen-bond donors (Lipinski definition) is 1. The van der Waals surface area contributed by atoms with Gasteiger partial charge in [0.25, 0.3) is 0 Å². The molecule has 2 atom stereocenters. The smallest absolute Gasteiger partial charge is 0.870 e. The van der Waals surface area contributed by atoms with E-state index >= 15 is 0 Å². The Morgan fingerprint density at radius 1 is 1.70 bits per heavy atom. The van der Waals surface area contributed by atoms with E-state index in [4.69, 9.17) is 16.9 Å². The van der Waals surface area contributed by atoms with Crippen LogP contribution in [0.4, 0.5) is 0 Å². The fraction of sp³-hybridized carbons (Fsp3) is 0.750. The monoisotopic (exact) mass is 174 g/mol. The van der Waals surface area contributed by atoms with Gasteiger partial charge in [0.05, 0.1) is 6.10 Å². The fourth-order valence-corrected chi connectivity index (χ4v) is 0.322. The van der Waals surface area contributed by atoms with E-state index in [9.17, 15) is 0 Å². The molecule has 1 aliphatic heterocycles. The average Bonchev–Trinajstić information content (AvgIpc) is 2.22. The molecule has 0 amide bonds. The molecule has 0 aromatic carbocycles.